The van der Waals surface area contributed by atoms with Crippen LogP contribution in [0.2, 0.25) is 0 Å². The summed E-state index contributed by atoms with van der Waals surface area (Å²) in [7, 11) is 0. The van der Waals surface area contributed by atoms with E-state index in [9.17, 15) is 9.18 Å². The highest BCUT2D eigenvalue weighted by Gasteiger charge is 2.29. The quantitative estimate of drug-likeness (QED) is 0.860. The summed E-state index contributed by atoms with van der Waals surface area (Å²) in [5, 5.41) is 10.9. The van der Waals surface area contributed by atoms with Crippen molar-refractivity contribution in [1.29, 1.82) is 0 Å². The van der Waals surface area contributed by atoms with Crippen molar-refractivity contribution in [3.05, 3.63) is 35.5 Å². The Labute approximate surface area is 125 Å². The SMILES string of the molecule is Cc1ccc(NC(=O)CSc2nnc(C3CC3)o2)cc1F. The fraction of sp³-hybridized carbons (Fsp3) is 0.357. The van der Waals surface area contributed by atoms with Crippen LogP contribution in [0.4, 0.5) is 10.1 Å². The fourth-order valence-electron chi connectivity index (χ4n) is 1.77. The molecule has 1 aromatic carbocycles. The van der Waals surface area contributed by atoms with Gasteiger partial charge >= 0.3 is 0 Å². The van der Waals surface area contributed by atoms with Crippen LogP contribution in [0, 0.1) is 12.7 Å². The van der Waals surface area contributed by atoms with E-state index in [0.29, 0.717) is 28.3 Å². The Hall–Kier alpha value is -1.89. The Kier molecular flexibility index (Phi) is 3.92. The molecule has 1 fully saturated rings. The maximum atomic E-state index is 13.4. The van der Waals surface area contributed by atoms with Crippen LogP contribution in [0.5, 0.6) is 0 Å². The highest BCUT2D eigenvalue weighted by molar-refractivity contribution is 7.99. The molecule has 1 aliphatic rings. The second-order valence-electron chi connectivity index (χ2n) is 4.98. The normalized spacial score (nSPS) is 14.2. The first-order chi connectivity index (χ1) is 10.1. The number of carbonyl (C=O) groups is 1. The topological polar surface area (TPSA) is 68.0 Å². The first-order valence-electron chi connectivity index (χ1n) is 6.64. The van der Waals surface area contributed by atoms with E-state index in [-0.39, 0.29) is 17.5 Å². The van der Waals surface area contributed by atoms with Crippen molar-refractivity contribution in [3.63, 3.8) is 0 Å². The zero-order valence-corrected chi connectivity index (χ0v) is 12.2. The molecule has 0 saturated heterocycles. The van der Waals surface area contributed by atoms with Crippen LogP contribution < -0.4 is 5.32 Å². The molecule has 0 radical (unpaired) electrons. The molecule has 1 aromatic heterocycles. The Morgan fingerprint density at radius 1 is 1.48 bits per heavy atom. The number of halogens is 1. The zero-order chi connectivity index (χ0) is 14.8. The lowest BCUT2D eigenvalue weighted by Gasteiger charge is -2.05. The van der Waals surface area contributed by atoms with Crippen LogP contribution in [0.15, 0.2) is 27.8 Å². The molecule has 1 aliphatic carbocycles. The Morgan fingerprint density at radius 3 is 3.00 bits per heavy atom. The van der Waals surface area contributed by atoms with Gasteiger partial charge in [-0.15, -0.1) is 10.2 Å². The molecule has 2 aromatic rings. The minimum Gasteiger partial charge on any atom is -0.416 e. The number of nitrogens with one attached hydrogen (secondary N) is 1. The molecule has 110 valence electrons. The second-order valence-corrected chi connectivity index (χ2v) is 5.91. The number of benzene rings is 1. The molecular weight excluding hydrogens is 293 g/mol. The molecule has 0 atom stereocenters. The number of anilines is 1. The van der Waals surface area contributed by atoms with Crippen molar-refractivity contribution >= 4 is 23.4 Å². The summed E-state index contributed by atoms with van der Waals surface area (Å²) in [6.45, 7) is 1.67. The summed E-state index contributed by atoms with van der Waals surface area (Å²) in [4.78, 5) is 11.8. The van der Waals surface area contributed by atoms with E-state index in [0.717, 1.165) is 12.8 Å². The van der Waals surface area contributed by atoms with Gasteiger partial charge in [-0.05, 0) is 37.5 Å². The molecule has 1 amide bonds. The fourth-order valence-corrected chi connectivity index (χ4v) is 2.34. The van der Waals surface area contributed by atoms with E-state index in [1.807, 2.05) is 0 Å². The number of aryl methyl sites for hydroxylation is 1. The molecule has 21 heavy (non-hydrogen) atoms. The van der Waals surface area contributed by atoms with Gasteiger partial charge in [0.15, 0.2) is 0 Å². The van der Waals surface area contributed by atoms with E-state index in [4.69, 9.17) is 4.42 Å². The number of carbonyl (C=O) groups excluding carboxylic acids is 1. The van der Waals surface area contributed by atoms with Gasteiger partial charge in [-0.25, -0.2) is 4.39 Å². The van der Waals surface area contributed by atoms with Crippen molar-refractivity contribution in [2.75, 3.05) is 11.1 Å². The minimum absolute atomic E-state index is 0.141. The zero-order valence-electron chi connectivity index (χ0n) is 11.4. The Balaban J connectivity index is 1.52. The van der Waals surface area contributed by atoms with Crippen LogP contribution in [-0.4, -0.2) is 21.9 Å². The van der Waals surface area contributed by atoms with E-state index in [1.54, 1.807) is 19.1 Å². The highest BCUT2D eigenvalue weighted by Crippen LogP contribution is 2.39. The van der Waals surface area contributed by atoms with Crippen LogP contribution in [0.3, 0.4) is 0 Å². The van der Waals surface area contributed by atoms with Crippen molar-refractivity contribution in [2.24, 2.45) is 0 Å². The van der Waals surface area contributed by atoms with Gasteiger partial charge in [0, 0.05) is 11.6 Å². The average Bonchev–Trinajstić information content (AvgIpc) is 3.20. The van der Waals surface area contributed by atoms with Gasteiger partial charge in [-0.1, -0.05) is 17.8 Å². The third-order valence-corrected chi connectivity index (χ3v) is 3.95. The van der Waals surface area contributed by atoms with Gasteiger partial charge in [0.05, 0.1) is 5.75 Å². The molecule has 0 aliphatic heterocycles. The number of amides is 1. The smallest absolute Gasteiger partial charge is 0.277 e. The lowest BCUT2D eigenvalue weighted by molar-refractivity contribution is -0.113. The molecular formula is C14H14FN3O2S. The summed E-state index contributed by atoms with van der Waals surface area (Å²) < 4.78 is 18.8. The molecule has 1 saturated carbocycles. The van der Waals surface area contributed by atoms with Crippen LogP contribution in [0.1, 0.15) is 30.2 Å². The van der Waals surface area contributed by atoms with Crippen LogP contribution in [0.25, 0.3) is 0 Å². The van der Waals surface area contributed by atoms with Gasteiger partial charge in [0.1, 0.15) is 5.82 Å². The van der Waals surface area contributed by atoms with E-state index in [2.05, 4.69) is 15.5 Å². The lowest BCUT2D eigenvalue weighted by atomic mass is 10.2. The average molecular weight is 307 g/mol. The van der Waals surface area contributed by atoms with E-state index >= 15 is 0 Å². The van der Waals surface area contributed by atoms with Gasteiger partial charge in [0.25, 0.3) is 5.22 Å². The minimum atomic E-state index is -0.341. The maximum Gasteiger partial charge on any atom is 0.277 e. The largest absolute Gasteiger partial charge is 0.416 e. The van der Waals surface area contributed by atoms with Crippen molar-refractivity contribution < 1.29 is 13.6 Å². The first kappa shape index (κ1) is 14.1. The standard InChI is InChI=1S/C14H14FN3O2S/c1-8-2-5-10(6-11(8)15)16-12(19)7-21-14-18-17-13(20-14)9-3-4-9/h2,5-6,9H,3-4,7H2,1H3,(H,16,19). The number of aromatic nitrogens is 2. The maximum absolute atomic E-state index is 13.4. The van der Waals surface area contributed by atoms with Crippen molar-refractivity contribution in [1.82, 2.24) is 10.2 Å². The molecule has 5 nitrogen and oxygen atoms in total. The third kappa shape index (κ3) is 3.60. The molecule has 0 spiro atoms. The summed E-state index contributed by atoms with van der Waals surface area (Å²) in [5.74, 6) is 0.609. The van der Waals surface area contributed by atoms with Crippen molar-refractivity contribution in [3.8, 4) is 0 Å². The monoisotopic (exact) mass is 307 g/mol. The summed E-state index contributed by atoms with van der Waals surface area (Å²) in [6, 6.07) is 4.59. The highest BCUT2D eigenvalue weighted by atomic mass is 32.2. The first-order valence-corrected chi connectivity index (χ1v) is 7.62. The van der Waals surface area contributed by atoms with Crippen LogP contribution >= 0.6 is 11.8 Å². The molecule has 1 N–H and O–H groups in total. The number of rotatable bonds is 5. The molecule has 0 unspecified atom stereocenters. The number of hydrogen-bond donors (Lipinski definition) is 1. The van der Waals surface area contributed by atoms with Gasteiger partial charge < -0.3 is 9.73 Å². The predicted octanol–water partition coefficient (Wildman–Crippen LogP) is 3.13. The van der Waals surface area contributed by atoms with Crippen molar-refractivity contribution in [2.45, 2.75) is 30.9 Å². The van der Waals surface area contributed by atoms with Gasteiger partial charge in [-0.2, -0.15) is 0 Å². The lowest BCUT2D eigenvalue weighted by Crippen LogP contribution is -2.14. The summed E-state index contributed by atoms with van der Waals surface area (Å²) >= 11 is 1.18. The van der Waals surface area contributed by atoms with Gasteiger partial charge in [-0.3, -0.25) is 4.79 Å². The number of nitrogens with zero attached hydrogens (tertiary/aromatic N) is 2. The van der Waals surface area contributed by atoms with Crippen LogP contribution in [-0.2, 0) is 4.79 Å². The number of thioether (sulfide) groups is 1. The third-order valence-electron chi connectivity index (χ3n) is 3.13. The number of hydrogen-bond acceptors (Lipinski definition) is 5. The summed E-state index contributed by atoms with van der Waals surface area (Å²) in [6.07, 6.45) is 2.18. The molecule has 7 heteroatoms. The van der Waals surface area contributed by atoms with Gasteiger partial charge in [0.2, 0.25) is 11.8 Å². The van der Waals surface area contributed by atoms with E-state index < -0.39 is 0 Å². The summed E-state index contributed by atoms with van der Waals surface area (Å²) in [5.41, 5.74) is 0.980. The van der Waals surface area contributed by atoms with E-state index in [1.165, 1.54) is 17.8 Å². The molecule has 1 heterocycles. The predicted molar refractivity (Wildman–Crippen MR) is 76.8 cm³/mol. The Morgan fingerprint density at radius 2 is 2.29 bits per heavy atom. The molecule has 3 rings (SSSR count). The second kappa shape index (κ2) is 5.85. The molecule has 0 bridgehead atoms. The Bertz CT molecular complexity index is 670.